The number of rotatable bonds is 3. The second kappa shape index (κ2) is 5.83. The van der Waals surface area contributed by atoms with E-state index in [1.165, 1.54) is 32.1 Å². The maximum atomic E-state index is 12.0. The Labute approximate surface area is 103 Å². The Morgan fingerprint density at radius 1 is 1.29 bits per heavy atom. The van der Waals surface area contributed by atoms with Gasteiger partial charge in [-0.2, -0.15) is 0 Å². The lowest BCUT2D eigenvalue weighted by Gasteiger charge is -2.29. The van der Waals surface area contributed by atoms with Crippen LogP contribution in [0.25, 0.3) is 0 Å². The molecule has 2 rings (SSSR count). The SMILES string of the molecule is CC(NC(=O)C1COCC1N)C1CCCCC1. The van der Waals surface area contributed by atoms with Gasteiger partial charge in [-0.1, -0.05) is 19.3 Å². The second-order valence-electron chi connectivity index (χ2n) is 5.50. The molecule has 0 aromatic heterocycles. The first-order valence-electron chi connectivity index (χ1n) is 6.82. The number of nitrogens with one attached hydrogen (secondary N) is 1. The number of hydrogen-bond acceptors (Lipinski definition) is 3. The van der Waals surface area contributed by atoms with Gasteiger partial charge in [0.2, 0.25) is 5.91 Å². The fraction of sp³-hybridized carbons (Fsp3) is 0.923. The Morgan fingerprint density at radius 3 is 2.59 bits per heavy atom. The fourth-order valence-corrected chi connectivity index (χ4v) is 2.92. The van der Waals surface area contributed by atoms with Crippen LogP contribution in [0.4, 0.5) is 0 Å². The molecule has 2 aliphatic rings. The molecule has 17 heavy (non-hydrogen) atoms. The molecule has 0 aromatic rings. The molecular formula is C13H24N2O2. The second-order valence-corrected chi connectivity index (χ2v) is 5.50. The van der Waals surface area contributed by atoms with E-state index in [0.717, 1.165) is 0 Å². The minimum atomic E-state index is -0.152. The van der Waals surface area contributed by atoms with Crippen LogP contribution in [0.3, 0.4) is 0 Å². The molecular weight excluding hydrogens is 216 g/mol. The molecule has 3 atom stereocenters. The molecule has 3 N–H and O–H groups in total. The van der Waals surface area contributed by atoms with Crippen molar-refractivity contribution in [1.29, 1.82) is 0 Å². The van der Waals surface area contributed by atoms with Crippen LogP contribution in [0.5, 0.6) is 0 Å². The van der Waals surface area contributed by atoms with Crippen LogP contribution >= 0.6 is 0 Å². The molecule has 1 amide bonds. The van der Waals surface area contributed by atoms with E-state index >= 15 is 0 Å². The predicted octanol–water partition coefficient (Wildman–Crippen LogP) is 1.05. The maximum Gasteiger partial charge on any atom is 0.227 e. The van der Waals surface area contributed by atoms with Gasteiger partial charge in [-0.3, -0.25) is 4.79 Å². The largest absolute Gasteiger partial charge is 0.379 e. The van der Waals surface area contributed by atoms with Gasteiger partial charge in [0.15, 0.2) is 0 Å². The Balaban J connectivity index is 1.80. The van der Waals surface area contributed by atoms with Crippen molar-refractivity contribution in [3.63, 3.8) is 0 Å². The molecule has 0 spiro atoms. The summed E-state index contributed by atoms with van der Waals surface area (Å²) in [5.74, 6) is 0.570. The Bertz CT molecular complexity index is 264. The van der Waals surface area contributed by atoms with E-state index in [2.05, 4.69) is 12.2 Å². The number of ether oxygens (including phenoxy) is 1. The molecule has 3 unspecified atom stereocenters. The van der Waals surface area contributed by atoms with E-state index in [1.807, 2.05) is 0 Å². The zero-order valence-electron chi connectivity index (χ0n) is 10.7. The van der Waals surface area contributed by atoms with Crippen LogP contribution in [0.15, 0.2) is 0 Å². The predicted molar refractivity (Wildman–Crippen MR) is 66.5 cm³/mol. The normalized spacial score (nSPS) is 32.4. The molecule has 1 aliphatic heterocycles. The lowest BCUT2D eigenvalue weighted by Crippen LogP contribution is -2.46. The summed E-state index contributed by atoms with van der Waals surface area (Å²) in [5, 5.41) is 3.12. The summed E-state index contributed by atoms with van der Waals surface area (Å²) in [6, 6.07) is 0.143. The van der Waals surface area contributed by atoms with Crippen molar-refractivity contribution in [3.8, 4) is 0 Å². The summed E-state index contributed by atoms with van der Waals surface area (Å²) in [6.45, 7) is 3.11. The van der Waals surface area contributed by atoms with E-state index < -0.39 is 0 Å². The highest BCUT2D eigenvalue weighted by molar-refractivity contribution is 5.80. The molecule has 0 radical (unpaired) electrons. The highest BCUT2D eigenvalue weighted by Crippen LogP contribution is 2.26. The standard InChI is InChI=1S/C13H24N2O2/c1-9(10-5-3-2-4-6-10)15-13(16)11-7-17-8-12(11)14/h9-12H,2-8,14H2,1H3,(H,15,16). The molecule has 0 aromatic carbocycles. The highest BCUT2D eigenvalue weighted by atomic mass is 16.5. The number of hydrogen-bond donors (Lipinski definition) is 2. The van der Waals surface area contributed by atoms with Crippen LogP contribution in [-0.2, 0) is 9.53 Å². The van der Waals surface area contributed by atoms with E-state index in [-0.39, 0.29) is 23.9 Å². The lowest BCUT2D eigenvalue weighted by atomic mass is 9.84. The van der Waals surface area contributed by atoms with Gasteiger partial charge in [0.25, 0.3) is 0 Å². The third-order valence-corrected chi connectivity index (χ3v) is 4.19. The van der Waals surface area contributed by atoms with E-state index in [1.54, 1.807) is 0 Å². The molecule has 1 heterocycles. The van der Waals surface area contributed by atoms with Gasteiger partial charge in [0.05, 0.1) is 19.1 Å². The van der Waals surface area contributed by atoms with Crippen LogP contribution < -0.4 is 11.1 Å². The molecule has 4 heteroatoms. The summed E-state index contributed by atoms with van der Waals surface area (Å²) < 4.78 is 5.23. The average Bonchev–Trinajstić information content (AvgIpc) is 2.76. The maximum absolute atomic E-state index is 12.0. The zero-order chi connectivity index (χ0) is 12.3. The highest BCUT2D eigenvalue weighted by Gasteiger charge is 2.33. The van der Waals surface area contributed by atoms with Gasteiger partial charge in [0.1, 0.15) is 0 Å². The van der Waals surface area contributed by atoms with Crippen molar-refractivity contribution in [2.45, 2.75) is 51.1 Å². The zero-order valence-corrected chi connectivity index (χ0v) is 10.7. The van der Waals surface area contributed by atoms with E-state index in [4.69, 9.17) is 10.5 Å². The Morgan fingerprint density at radius 2 is 2.00 bits per heavy atom. The van der Waals surface area contributed by atoms with Crippen LogP contribution in [0, 0.1) is 11.8 Å². The first-order valence-corrected chi connectivity index (χ1v) is 6.82. The minimum absolute atomic E-state index is 0.0769. The van der Waals surface area contributed by atoms with Gasteiger partial charge in [-0.25, -0.2) is 0 Å². The first-order chi connectivity index (χ1) is 8.18. The van der Waals surface area contributed by atoms with Crippen molar-refractivity contribution in [3.05, 3.63) is 0 Å². The monoisotopic (exact) mass is 240 g/mol. The number of amides is 1. The van der Waals surface area contributed by atoms with Crippen molar-refractivity contribution in [2.75, 3.05) is 13.2 Å². The van der Waals surface area contributed by atoms with Crippen molar-refractivity contribution in [2.24, 2.45) is 17.6 Å². The molecule has 1 saturated heterocycles. The molecule has 2 fully saturated rings. The van der Waals surface area contributed by atoms with Crippen molar-refractivity contribution in [1.82, 2.24) is 5.32 Å². The third kappa shape index (κ3) is 3.19. The van der Waals surface area contributed by atoms with E-state index in [9.17, 15) is 4.79 Å². The molecule has 4 nitrogen and oxygen atoms in total. The van der Waals surface area contributed by atoms with Gasteiger partial charge in [-0.05, 0) is 25.7 Å². The smallest absolute Gasteiger partial charge is 0.227 e. The number of nitrogens with two attached hydrogens (primary N) is 1. The quantitative estimate of drug-likeness (QED) is 0.775. The summed E-state index contributed by atoms with van der Waals surface area (Å²) >= 11 is 0. The van der Waals surface area contributed by atoms with Crippen LogP contribution in [-0.4, -0.2) is 31.2 Å². The van der Waals surface area contributed by atoms with Gasteiger partial charge >= 0.3 is 0 Å². The van der Waals surface area contributed by atoms with Crippen LogP contribution in [0.1, 0.15) is 39.0 Å². The Hall–Kier alpha value is -0.610. The van der Waals surface area contributed by atoms with Gasteiger partial charge in [-0.15, -0.1) is 0 Å². The van der Waals surface area contributed by atoms with Gasteiger partial charge in [0, 0.05) is 12.1 Å². The molecule has 1 aliphatic carbocycles. The number of carbonyl (C=O) groups excluding carboxylic acids is 1. The summed E-state index contributed by atoms with van der Waals surface area (Å²) in [6.07, 6.45) is 6.44. The van der Waals surface area contributed by atoms with Crippen molar-refractivity contribution >= 4 is 5.91 Å². The fourth-order valence-electron chi connectivity index (χ4n) is 2.92. The summed E-state index contributed by atoms with van der Waals surface area (Å²) in [7, 11) is 0. The van der Waals surface area contributed by atoms with Crippen LogP contribution in [0.2, 0.25) is 0 Å². The van der Waals surface area contributed by atoms with E-state index in [0.29, 0.717) is 19.1 Å². The summed E-state index contributed by atoms with van der Waals surface area (Å²) in [5.41, 5.74) is 5.85. The first kappa shape index (κ1) is 12.8. The molecule has 1 saturated carbocycles. The lowest BCUT2D eigenvalue weighted by molar-refractivity contribution is -0.126. The third-order valence-electron chi connectivity index (χ3n) is 4.19. The Kier molecular flexibility index (Phi) is 4.40. The van der Waals surface area contributed by atoms with Crippen molar-refractivity contribution < 1.29 is 9.53 Å². The number of carbonyl (C=O) groups is 1. The average molecular weight is 240 g/mol. The van der Waals surface area contributed by atoms with Gasteiger partial charge < -0.3 is 15.8 Å². The minimum Gasteiger partial charge on any atom is -0.379 e. The molecule has 98 valence electrons. The molecule has 0 bridgehead atoms. The topological polar surface area (TPSA) is 64.3 Å². The summed E-state index contributed by atoms with van der Waals surface area (Å²) in [4.78, 5) is 12.0.